The van der Waals surface area contributed by atoms with Crippen molar-refractivity contribution in [1.82, 2.24) is 10.3 Å². The Morgan fingerprint density at radius 3 is 2.47 bits per heavy atom. The first-order chi connectivity index (χ1) is 14.0. The zero-order valence-electron chi connectivity index (χ0n) is 16.4. The van der Waals surface area contributed by atoms with Gasteiger partial charge in [0.1, 0.15) is 5.69 Å². The van der Waals surface area contributed by atoms with E-state index in [0.29, 0.717) is 30.6 Å². The van der Waals surface area contributed by atoms with Crippen LogP contribution in [0.1, 0.15) is 47.3 Å². The molecule has 30 heavy (non-hydrogen) atoms. The smallest absolute Gasteiger partial charge is 0.349 e. The highest BCUT2D eigenvalue weighted by molar-refractivity contribution is 7.91. The number of carbonyl (C=O) groups is 1. The van der Waals surface area contributed by atoms with Crippen molar-refractivity contribution < 1.29 is 26.4 Å². The van der Waals surface area contributed by atoms with Crippen molar-refractivity contribution in [2.75, 3.05) is 5.75 Å². The molecule has 1 N–H and O–H groups in total. The van der Waals surface area contributed by atoms with Crippen LogP contribution in [-0.2, 0) is 16.0 Å². The lowest BCUT2D eigenvalue weighted by molar-refractivity contribution is -0.141. The van der Waals surface area contributed by atoms with Gasteiger partial charge in [0.25, 0.3) is 5.91 Å². The van der Waals surface area contributed by atoms with Crippen LogP contribution in [0.3, 0.4) is 0 Å². The Kier molecular flexibility index (Phi) is 6.50. The molecule has 9 heteroatoms. The Morgan fingerprint density at radius 2 is 1.83 bits per heavy atom. The monoisotopic (exact) mass is 440 g/mol. The number of carbonyl (C=O) groups excluding carboxylic acids is 1. The number of hydrogen-bond donors (Lipinski definition) is 1. The predicted octanol–water partition coefficient (Wildman–Crippen LogP) is 4.17. The summed E-state index contributed by atoms with van der Waals surface area (Å²) in [7, 11) is -3.39. The van der Waals surface area contributed by atoms with E-state index in [2.05, 4.69) is 10.3 Å². The van der Waals surface area contributed by atoms with E-state index >= 15 is 0 Å². The lowest BCUT2D eigenvalue weighted by Gasteiger charge is -2.29. The number of pyridine rings is 1. The van der Waals surface area contributed by atoms with Gasteiger partial charge in [-0.3, -0.25) is 9.78 Å². The molecule has 162 valence electrons. The second-order valence-corrected chi connectivity index (χ2v) is 9.75. The number of sulfone groups is 1. The molecule has 3 rings (SSSR count). The number of amides is 1. The molecule has 0 unspecified atom stereocenters. The molecule has 0 radical (unpaired) electrons. The summed E-state index contributed by atoms with van der Waals surface area (Å²) in [5, 5.41) is 2.75. The van der Waals surface area contributed by atoms with Gasteiger partial charge in [-0.25, -0.2) is 8.42 Å². The topological polar surface area (TPSA) is 76.1 Å². The minimum Gasteiger partial charge on any atom is -0.349 e. The van der Waals surface area contributed by atoms with Crippen LogP contribution in [0.25, 0.3) is 0 Å². The average Bonchev–Trinajstić information content (AvgIpc) is 2.69. The van der Waals surface area contributed by atoms with Gasteiger partial charge >= 0.3 is 6.18 Å². The van der Waals surface area contributed by atoms with E-state index in [4.69, 9.17) is 0 Å². The largest absolute Gasteiger partial charge is 0.433 e. The first-order valence-electron chi connectivity index (χ1n) is 9.68. The predicted molar refractivity (Wildman–Crippen MR) is 106 cm³/mol. The Bertz CT molecular complexity index is 1010. The Balaban J connectivity index is 1.55. The third kappa shape index (κ3) is 5.59. The SMILES string of the molecule is Cc1cccc(S(=O)(=O)C[C@H]2CC[C@H](NC(=O)c3ccnc(C(F)(F)F)c3)CC2)c1. The van der Waals surface area contributed by atoms with E-state index in [1.165, 1.54) is 6.07 Å². The zero-order chi connectivity index (χ0) is 21.9. The molecule has 5 nitrogen and oxygen atoms in total. The lowest BCUT2D eigenvalue weighted by atomic mass is 9.87. The highest BCUT2D eigenvalue weighted by Gasteiger charge is 2.33. The van der Waals surface area contributed by atoms with Crippen LogP contribution in [0.2, 0.25) is 0 Å². The summed E-state index contributed by atoms with van der Waals surface area (Å²) in [5.74, 6) is -0.545. The Morgan fingerprint density at radius 1 is 1.13 bits per heavy atom. The molecule has 0 saturated heterocycles. The fraction of sp³-hybridized carbons (Fsp3) is 0.429. The molecular formula is C21H23F3N2O3S. The van der Waals surface area contributed by atoms with Crippen LogP contribution in [0.15, 0.2) is 47.5 Å². The van der Waals surface area contributed by atoms with E-state index in [-0.39, 0.29) is 23.3 Å². The molecule has 1 saturated carbocycles. The van der Waals surface area contributed by atoms with Gasteiger partial charge in [-0.1, -0.05) is 12.1 Å². The van der Waals surface area contributed by atoms with Crippen LogP contribution in [0, 0.1) is 12.8 Å². The normalized spacial score (nSPS) is 20.0. The van der Waals surface area contributed by atoms with Gasteiger partial charge in [0.05, 0.1) is 10.6 Å². The van der Waals surface area contributed by atoms with Gasteiger partial charge < -0.3 is 5.32 Å². The Labute approximate surface area is 173 Å². The molecule has 0 atom stereocenters. The number of rotatable bonds is 5. The minimum absolute atomic E-state index is 0.0126. The lowest BCUT2D eigenvalue weighted by Crippen LogP contribution is -2.38. The van der Waals surface area contributed by atoms with Gasteiger partial charge in [0, 0.05) is 17.8 Å². The summed E-state index contributed by atoms with van der Waals surface area (Å²) in [6.07, 6.45) is -1.24. The van der Waals surface area contributed by atoms with Crippen molar-refractivity contribution in [3.8, 4) is 0 Å². The maximum Gasteiger partial charge on any atom is 0.433 e. The number of nitrogens with one attached hydrogen (secondary N) is 1. The van der Waals surface area contributed by atoms with Crippen molar-refractivity contribution in [2.24, 2.45) is 5.92 Å². The third-order valence-corrected chi connectivity index (χ3v) is 7.18. The third-order valence-electron chi connectivity index (χ3n) is 5.30. The number of benzene rings is 1. The summed E-state index contributed by atoms with van der Waals surface area (Å²) in [5.41, 5.74) is -0.325. The molecule has 1 aliphatic rings. The molecular weight excluding hydrogens is 417 g/mol. The van der Waals surface area contributed by atoms with Crippen LogP contribution in [-0.4, -0.2) is 31.1 Å². The maximum atomic E-state index is 12.8. The summed E-state index contributed by atoms with van der Waals surface area (Å²) in [4.78, 5) is 15.9. The molecule has 2 aromatic rings. The number of nitrogens with zero attached hydrogens (tertiary/aromatic N) is 1. The molecule has 1 amide bonds. The molecule has 1 fully saturated rings. The summed E-state index contributed by atoms with van der Waals surface area (Å²) < 4.78 is 63.6. The molecule has 1 aliphatic carbocycles. The highest BCUT2D eigenvalue weighted by atomic mass is 32.2. The Hall–Kier alpha value is -2.42. The summed E-state index contributed by atoms with van der Waals surface area (Å²) in [6.45, 7) is 1.84. The zero-order valence-corrected chi connectivity index (χ0v) is 17.3. The van der Waals surface area contributed by atoms with E-state index < -0.39 is 27.6 Å². The van der Waals surface area contributed by atoms with Crippen molar-refractivity contribution in [3.63, 3.8) is 0 Å². The van der Waals surface area contributed by atoms with Gasteiger partial charge in [-0.15, -0.1) is 0 Å². The van der Waals surface area contributed by atoms with E-state index in [1.54, 1.807) is 18.2 Å². The van der Waals surface area contributed by atoms with Gasteiger partial charge in [0.2, 0.25) is 0 Å². The number of halogens is 3. The molecule has 0 bridgehead atoms. The summed E-state index contributed by atoms with van der Waals surface area (Å²) >= 11 is 0. The molecule has 0 spiro atoms. The maximum absolute atomic E-state index is 12.8. The van der Waals surface area contributed by atoms with Crippen molar-refractivity contribution >= 4 is 15.7 Å². The standard InChI is InChI=1S/C21H23F3N2O3S/c1-14-3-2-4-18(11-14)30(28,29)13-15-5-7-17(8-6-15)26-20(27)16-9-10-25-19(12-16)21(22,23)24/h2-4,9-12,15,17H,5-8,13H2,1H3,(H,26,27)/t15-,17-. The van der Waals surface area contributed by atoms with E-state index in [9.17, 15) is 26.4 Å². The van der Waals surface area contributed by atoms with Crippen LogP contribution < -0.4 is 5.32 Å². The highest BCUT2D eigenvalue weighted by Crippen LogP contribution is 2.29. The van der Waals surface area contributed by atoms with Crippen LogP contribution >= 0.6 is 0 Å². The van der Waals surface area contributed by atoms with Crippen LogP contribution in [0.5, 0.6) is 0 Å². The van der Waals surface area contributed by atoms with Crippen molar-refractivity contribution in [3.05, 3.63) is 59.4 Å². The average molecular weight is 440 g/mol. The fourth-order valence-electron chi connectivity index (χ4n) is 3.68. The summed E-state index contributed by atoms with van der Waals surface area (Å²) in [6, 6.07) is 8.59. The number of aryl methyl sites for hydroxylation is 1. The minimum atomic E-state index is -4.61. The second kappa shape index (κ2) is 8.75. The molecule has 1 heterocycles. The van der Waals surface area contributed by atoms with Gasteiger partial charge in [0.15, 0.2) is 9.84 Å². The van der Waals surface area contributed by atoms with E-state index in [0.717, 1.165) is 17.8 Å². The van der Waals surface area contributed by atoms with Gasteiger partial charge in [-0.05, 0) is 68.4 Å². The number of hydrogen-bond acceptors (Lipinski definition) is 4. The van der Waals surface area contributed by atoms with Crippen molar-refractivity contribution in [2.45, 2.75) is 49.7 Å². The first-order valence-corrected chi connectivity index (χ1v) is 11.3. The quantitative estimate of drug-likeness (QED) is 0.757. The first kappa shape index (κ1) is 22.3. The number of aromatic nitrogens is 1. The molecule has 1 aromatic heterocycles. The van der Waals surface area contributed by atoms with Crippen molar-refractivity contribution in [1.29, 1.82) is 0 Å². The number of alkyl halides is 3. The van der Waals surface area contributed by atoms with Crippen LogP contribution in [0.4, 0.5) is 13.2 Å². The van der Waals surface area contributed by atoms with Gasteiger partial charge in [-0.2, -0.15) is 13.2 Å². The second-order valence-electron chi connectivity index (χ2n) is 7.72. The van der Waals surface area contributed by atoms with E-state index in [1.807, 2.05) is 13.0 Å². The fourth-order valence-corrected chi connectivity index (χ4v) is 5.48. The molecule has 0 aliphatic heterocycles. The molecule has 1 aromatic carbocycles.